The summed E-state index contributed by atoms with van der Waals surface area (Å²) in [5.74, 6) is -0.206. The smallest absolute Gasteiger partial charge is 0.226 e. The lowest BCUT2D eigenvalue weighted by Gasteiger charge is -2.39. The van der Waals surface area contributed by atoms with E-state index in [4.69, 9.17) is 0 Å². The zero-order valence-electron chi connectivity index (χ0n) is 20.1. The molecule has 1 saturated heterocycles. The summed E-state index contributed by atoms with van der Waals surface area (Å²) in [4.78, 5) is 30.8. The highest BCUT2D eigenvalue weighted by molar-refractivity contribution is 7.91. The Hall–Kier alpha value is -2.60. The standard InChI is InChI=1S/C26H34N4O4S/c27-18-26(11-12-26)28-24(31)22-3-1-2-4-23(22)25(32)30-15-13-29(14-16-30)20-7-9-21(10-8-20)35(33,34)17-19-5-6-19/h7-10,19,22-23H,1-6,11-17H2,(H,28,31)/t22-,23-/m1/s1. The number of sulfone groups is 1. The fourth-order valence-electron chi connectivity index (χ4n) is 5.43. The zero-order valence-corrected chi connectivity index (χ0v) is 20.9. The second-order valence-corrected chi connectivity index (χ2v) is 12.7. The second kappa shape index (κ2) is 9.45. The molecule has 0 aromatic heterocycles. The number of piperazine rings is 1. The van der Waals surface area contributed by atoms with Crippen molar-refractivity contribution in [1.82, 2.24) is 10.2 Å². The average Bonchev–Trinajstić information content (AvgIpc) is 3.82. The molecule has 1 aromatic carbocycles. The Labute approximate surface area is 207 Å². The van der Waals surface area contributed by atoms with Gasteiger partial charge in [-0.15, -0.1) is 0 Å². The summed E-state index contributed by atoms with van der Waals surface area (Å²) in [6.45, 7) is 2.49. The SMILES string of the molecule is N#CC1(NC(=O)[C@@H]2CCCC[C@H]2C(=O)N2CCN(c3ccc(S(=O)(=O)CC4CC4)cc3)CC2)CC1. The Kier molecular flexibility index (Phi) is 6.51. The summed E-state index contributed by atoms with van der Waals surface area (Å²) in [5, 5.41) is 12.2. The van der Waals surface area contributed by atoms with Crippen molar-refractivity contribution in [2.75, 3.05) is 36.8 Å². The number of nitrogens with zero attached hydrogens (tertiary/aromatic N) is 3. The molecular weight excluding hydrogens is 464 g/mol. The summed E-state index contributed by atoms with van der Waals surface area (Å²) in [6.07, 6.45) is 6.68. The van der Waals surface area contributed by atoms with E-state index < -0.39 is 15.4 Å². The Balaban J connectivity index is 1.17. The number of benzene rings is 1. The summed E-state index contributed by atoms with van der Waals surface area (Å²) >= 11 is 0. The zero-order chi connectivity index (χ0) is 24.6. The molecule has 1 N–H and O–H groups in total. The van der Waals surface area contributed by atoms with Gasteiger partial charge >= 0.3 is 0 Å². The first kappa shape index (κ1) is 24.1. The molecule has 1 aromatic rings. The number of nitriles is 1. The van der Waals surface area contributed by atoms with Crippen LogP contribution in [0.15, 0.2) is 29.2 Å². The number of carbonyl (C=O) groups excluding carboxylic acids is 2. The Morgan fingerprint density at radius 1 is 0.971 bits per heavy atom. The number of rotatable bonds is 7. The number of nitrogens with one attached hydrogen (secondary N) is 1. The fraction of sp³-hybridized carbons (Fsp3) is 0.654. The van der Waals surface area contributed by atoms with Crippen LogP contribution in [0.4, 0.5) is 5.69 Å². The van der Waals surface area contributed by atoms with Crippen molar-refractivity contribution >= 4 is 27.3 Å². The molecule has 9 heteroatoms. The summed E-state index contributed by atoms with van der Waals surface area (Å²) in [5.41, 5.74) is 0.254. The summed E-state index contributed by atoms with van der Waals surface area (Å²) < 4.78 is 25.0. The van der Waals surface area contributed by atoms with Gasteiger partial charge < -0.3 is 15.1 Å². The Morgan fingerprint density at radius 2 is 1.60 bits per heavy atom. The molecule has 3 aliphatic carbocycles. The molecule has 4 fully saturated rings. The Morgan fingerprint density at radius 3 is 2.17 bits per heavy atom. The predicted octanol–water partition coefficient (Wildman–Crippen LogP) is 2.50. The van der Waals surface area contributed by atoms with Crippen molar-refractivity contribution in [2.24, 2.45) is 17.8 Å². The molecule has 188 valence electrons. The van der Waals surface area contributed by atoms with Crippen molar-refractivity contribution in [2.45, 2.75) is 61.8 Å². The van der Waals surface area contributed by atoms with Crippen LogP contribution in [-0.4, -0.2) is 62.6 Å². The van der Waals surface area contributed by atoms with E-state index in [1.807, 2.05) is 17.0 Å². The lowest BCUT2D eigenvalue weighted by atomic mass is 9.77. The highest BCUT2D eigenvalue weighted by atomic mass is 32.2. The maximum Gasteiger partial charge on any atom is 0.226 e. The van der Waals surface area contributed by atoms with Gasteiger partial charge in [-0.1, -0.05) is 12.8 Å². The molecule has 8 nitrogen and oxygen atoms in total. The third-order valence-electron chi connectivity index (χ3n) is 8.05. The van der Waals surface area contributed by atoms with Gasteiger partial charge in [0, 0.05) is 43.7 Å². The van der Waals surface area contributed by atoms with Crippen molar-refractivity contribution in [3.8, 4) is 6.07 Å². The Bertz CT molecular complexity index is 1110. The lowest BCUT2D eigenvalue weighted by molar-refractivity contribution is -0.144. The van der Waals surface area contributed by atoms with Gasteiger partial charge in [-0.25, -0.2) is 8.42 Å². The fourth-order valence-corrected chi connectivity index (χ4v) is 7.13. The van der Waals surface area contributed by atoms with Crippen LogP contribution in [0.2, 0.25) is 0 Å². The highest BCUT2D eigenvalue weighted by Crippen LogP contribution is 2.38. The molecule has 0 radical (unpaired) electrons. The van der Waals surface area contributed by atoms with E-state index in [1.54, 1.807) is 12.1 Å². The molecular formula is C26H34N4O4S. The van der Waals surface area contributed by atoms with E-state index in [-0.39, 0.29) is 29.4 Å². The maximum atomic E-state index is 13.4. The molecule has 1 aliphatic heterocycles. The van der Waals surface area contributed by atoms with E-state index in [9.17, 15) is 23.3 Å². The number of carbonyl (C=O) groups is 2. The lowest BCUT2D eigenvalue weighted by Crippen LogP contribution is -2.53. The average molecular weight is 499 g/mol. The molecule has 2 atom stereocenters. The molecule has 0 bridgehead atoms. The first-order chi connectivity index (χ1) is 16.8. The third kappa shape index (κ3) is 5.32. The largest absolute Gasteiger partial charge is 0.368 e. The molecule has 3 saturated carbocycles. The molecule has 1 heterocycles. The van der Waals surface area contributed by atoms with E-state index in [2.05, 4.69) is 16.3 Å². The molecule has 2 amide bonds. The van der Waals surface area contributed by atoms with Gasteiger partial charge in [0.25, 0.3) is 0 Å². The van der Waals surface area contributed by atoms with Crippen LogP contribution in [0.1, 0.15) is 51.4 Å². The third-order valence-corrected chi connectivity index (χ3v) is 9.95. The van der Waals surface area contributed by atoms with Crippen LogP contribution in [0.3, 0.4) is 0 Å². The molecule has 5 rings (SSSR count). The predicted molar refractivity (Wildman–Crippen MR) is 131 cm³/mol. The van der Waals surface area contributed by atoms with Crippen LogP contribution >= 0.6 is 0 Å². The topological polar surface area (TPSA) is 111 Å². The van der Waals surface area contributed by atoms with Crippen molar-refractivity contribution in [3.63, 3.8) is 0 Å². The normalized spacial score (nSPS) is 26.0. The minimum atomic E-state index is -3.22. The number of hydrogen-bond donors (Lipinski definition) is 1. The van der Waals surface area contributed by atoms with Crippen LogP contribution in [0, 0.1) is 29.1 Å². The second-order valence-electron chi connectivity index (χ2n) is 10.7. The van der Waals surface area contributed by atoms with Gasteiger partial charge in [0.1, 0.15) is 5.54 Å². The van der Waals surface area contributed by atoms with Crippen molar-refractivity contribution in [3.05, 3.63) is 24.3 Å². The van der Waals surface area contributed by atoms with Gasteiger partial charge in [0.15, 0.2) is 9.84 Å². The highest BCUT2D eigenvalue weighted by Gasteiger charge is 2.47. The van der Waals surface area contributed by atoms with Crippen molar-refractivity contribution < 1.29 is 18.0 Å². The molecule has 35 heavy (non-hydrogen) atoms. The van der Waals surface area contributed by atoms with Gasteiger partial charge in [0.2, 0.25) is 11.8 Å². The number of amides is 2. The van der Waals surface area contributed by atoms with Gasteiger partial charge in [-0.3, -0.25) is 9.59 Å². The molecule has 0 unspecified atom stereocenters. The van der Waals surface area contributed by atoms with Gasteiger partial charge in [-0.05, 0) is 68.7 Å². The van der Waals surface area contributed by atoms with Crippen LogP contribution in [0.25, 0.3) is 0 Å². The minimum Gasteiger partial charge on any atom is -0.368 e. The maximum absolute atomic E-state index is 13.4. The van der Waals surface area contributed by atoms with Crippen LogP contribution in [0.5, 0.6) is 0 Å². The summed E-state index contributed by atoms with van der Waals surface area (Å²) in [6, 6.07) is 9.33. The monoisotopic (exact) mass is 498 g/mol. The molecule has 4 aliphatic rings. The number of hydrogen-bond acceptors (Lipinski definition) is 6. The molecule has 0 spiro atoms. The van der Waals surface area contributed by atoms with E-state index in [0.717, 1.165) is 31.4 Å². The quantitative estimate of drug-likeness (QED) is 0.618. The first-order valence-electron chi connectivity index (χ1n) is 12.9. The van der Waals surface area contributed by atoms with E-state index >= 15 is 0 Å². The van der Waals surface area contributed by atoms with Crippen molar-refractivity contribution in [1.29, 1.82) is 5.26 Å². The first-order valence-corrected chi connectivity index (χ1v) is 14.6. The van der Waals surface area contributed by atoms with E-state index in [0.29, 0.717) is 62.7 Å². The van der Waals surface area contributed by atoms with Crippen LogP contribution < -0.4 is 10.2 Å². The van der Waals surface area contributed by atoms with Gasteiger partial charge in [-0.2, -0.15) is 5.26 Å². The van der Waals surface area contributed by atoms with Gasteiger partial charge in [0.05, 0.1) is 16.7 Å². The summed E-state index contributed by atoms with van der Waals surface area (Å²) in [7, 11) is -3.22. The number of anilines is 1. The minimum absolute atomic E-state index is 0.0489. The van der Waals surface area contributed by atoms with Crippen LogP contribution in [-0.2, 0) is 19.4 Å². The van der Waals surface area contributed by atoms with E-state index in [1.165, 1.54) is 0 Å².